The summed E-state index contributed by atoms with van der Waals surface area (Å²) in [6.07, 6.45) is 3.11. The van der Waals surface area contributed by atoms with Crippen molar-refractivity contribution in [1.29, 1.82) is 0 Å². The first-order valence-corrected chi connectivity index (χ1v) is 10.2. The van der Waals surface area contributed by atoms with Crippen molar-refractivity contribution in [3.05, 3.63) is 0 Å². The molecule has 6 nitrogen and oxygen atoms in total. The van der Waals surface area contributed by atoms with Crippen molar-refractivity contribution in [3.63, 3.8) is 0 Å². The monoisotopic (exact) mass is 355 g/mol. The Bertz CT molecular complexity index is 350. The molecule has 0 saturated carbocycles. The summed E-state index contributed by atoms with van der Waals surface area (Å²) < 4.78 is 0. The molecular formula is C19H41N5O. The number of likely N-dealkylation sites (N-methyl/N-ethyl adjacent to an activating group) is 1. The van der Waals surface area contributed by atoms with Gasteiger partial charge in [0, 0.05) is 58.5 Å². The molecule has 1 heterocycles. The molecule has 1 aliphatic rings. The fourth-order valence-electron chi connectivity index (χ4n) is 3.37. The first-order chi connectivity index (χ1) is 12.1. The third kappa shape index (κ3) is 8.88. The number of aliphatic imine (C=N–C) groups is 1. The number of guanidine groups is 1. The lowest BCUT2D eigenvalue weighted by Gasteiger charge is -2.37. The first-order valence-electron chi connectivity index (χ1n) is 10.2. The van der Waals surface area contributed by atoms with E-state index < -0.39 is 0 Å². The number of aliphatic hydroxyl groups excluding tert-OH is 1. The number of hydrogen-bond donors (Lipinski definition) is 3. The predicted octanol–water partition coefficient (Wildman–Crippen LogP) is 1.37. The zero-order valence-corrected chi connectivity index (χ0v) is 16.9. The highest BCUT2D eigenvalue weighted by molar-refractivity contribution is 5.79. The van der Waals surface area contributed by atoms with Crippen LogP contribution in [0.3, 0.4) is 0 Å². The molecule has 0 spiro atoms. The summed E-state index contributed by atoms with van der Waals surface area (Å²) in [5, 5.41) is 16.1. The van der Waals surface area contributed by atoms with Gasteiger partial charge in [0.15, 0.2) is 5.96 Å². The van der Waals surface area contributed by atoms with Crippen molar-refractivity contribution in [3.8, 4) is 0 Å². The summed E-state index contributed by atoms with van der Waals surface area (Å²) in [7, 11) is 0. The smallest absolute Gasteiger partial charge is 0.191 e. The van der Waals surface area contributed by atoms with Gasteiger partial charge in [-0.25, -0.2) is 0 Å². The number of nitrogens with one attached hydrogen (secondary N) is 2. The minimum atomic E-state index is 0.255. The minimum absolute atomic E-state index is 0.255. The van der Waals surface area contributed by atoms with Crippen LogP contribution in [-0.2, 0) is 0 Å². The molecule has 1 fully saturated rings. The van der Waals surface area contributed by atoms with Gasteiger partial charge in [0.2, 0.25) is 0 Å². The van der Waals surface area contributed by atoms with Crippen molar-refractivity contribution in [2.24, 2.45) is 10.9 Å². The van der Waals surface area contributed by atoms with Gasteiger partial charge in [0.1, 0.15) is 0 Å². The third-order valence-corrected chi connectivity index (χ3v) is 5.13. The van der Waals surface area contributed by atoms with Crippen LogP contribution in [0.1, 0.15) is 47.0 Å². The van der Waals surface area contributed by atoms with E-state index >= 15 is 0 Å². The van der Waals surface area contributed by atoms with Crippen molar-refractivity contribution in [2.75, 3.05) is 59.0 Å². The Balaban J connectivity index is 2.44. The largest absolute Gasteiger partial charge is 0.396 e. The molecule has 6 heteroatoms. The Labute approximate surface area is 155 Å². The van der Waals surface area contributed by atoms with Crippen molar-refractivity contribution in [1.82, 2.24) is 20.4 Å². The maximum Gasteiger partial charge on any atom is 0.191 e. The highest BCUT2D eigenvalue weighted by atomic mass is 16.3. The topological polar surface area (TPSA) is 63.1 Å². The van der Waals surface area contributed by atoms with E-state index in [9.17, 15) is 5.11 Å². The van der Waals surface area contributed by atoms with E-state index in [1.165, 1.54) is 13.1 Å². The standard InChI is InChI=1S/C19H41N5O/c1-5-8-18(9-14-25)16-22-19(20-6-2)21-15-17(4)24-12-10-23(7-3)11-13-24/h17-18,25H,5-16H2,1-4H3,(H2,20,21,22). The number of piperazine rings is 1. The molecule has 2 atom stereocenters. The van der Waals surface area contributed by atoms with Gasteiger partial charge in [-0.3, -0.25) is 9.89 Å². The molecule has 25 heavy (non-hydrogen) atoms. The van der Waals surface area contributed by atoms with Crippen LogP contribution in [0.25, 0.3) is 0 Å². The Hall–Kier alpha value is -0.850. The molecule has 3 N–H and O–H groups in total. The average molecular weight is 356 g/mol. The quantitative estimate of drug-likeness (QED) is 0.386. The maximum atomic E-state index is 9.20. The summed E-state index contributed by atoms with van der Waals surface area (Å²) in [6, 6.07) is 0.506. The zero-order chi connectivity index (χ0) is 18.5. The lowest BCUT2D eigenvalue weighted by Crippen LogP contribution is -2.53. The second kappa shape index (κ2) is 13.4. The molecule has 148 valence electrons. The number of aliphatic hydroxyl groups is 1. The Morgan fingerprint density at radius 2 is 1.80 bits per heavy atom. The number of nitrogens with zero attached hydrogens (tertiary/aromatic N) is 3. The average Bonchev–Trinajstić information content (AvgIpc) is 2.64. The highest BCUT2D eigenvalue weighted by Gasteiger charge is 2.20. The van der Waals surface area contributed by atoms with E-state index in [1.54, 1.807) is 0 Å². The van der Waals surface area contributed by atoms with Gasteiger partial charge >= 0.3 is 0 Å². The van der Waals surface area contributed by atoms with Gasteiger partial charge < -0.3 is 20.6 Å². The molecule has 1 saturated heterocycles. The van der Waals surface area contributed by atoms with Crippen LogP contribution in [0, 0.1) is 5.92 Å². The minimum Gasteiger partial charge on any atom is -0.396 e. The zero-order valence-electron chi connectivity index (χ0n) is 16.9. The van der Waals surface area contributed by atoms with E-state index in [0.29, 0.717) is 12.0 Å². The normalized spacial score (nSPS) is 19.6. The van der Waals surface area contributed by atoms with Crippen LogP contribution >= 0.6 is 0 Å². The Morgan fingerprint density at radius 3 is 2.36 bits per heavy atom. The lowest BCUT2D eigenvalue weighted by atomic mass is 10.0. The van der Waals surface area contributed by atoms with Crippen LogP contribution in [-0.4, -0.2) is 85.9 Å². The third-order valence-electron chi connectivity index (χ3n) is 5.13. The van der Waals surface area contributed by atoms with Crippen LogP contribution in [0.4, 0.5) is 0 Å². The molecule has 2 unspecified atom stereocenters. The molecule has 0 aromatic carbocycles. The number of rotatable bonds is 11. The van der Waals surface area contributed by atoms with Crippen LogP contribution in [0.15, 0.2) is 4.99 Å². The molecule has 0 aromatic heterocycles. The summed E-state index contributed by atoms with van der Waals surface area (Å²) in [5.41, 5.74) is 0. The molecule has 0 bridgehead atoms. The summed E-state index contributed by atoms with van der Waals surface area (Å²) in [5.74, 6) is 1.38. The van der Waals surface area contributed by atoms with Gasteiger partial charge in [-0.2, -0.15) is 0 Å². The van der Waals surface area contributed by atoms with E-state index in [-0.39, 0.29) is 6.61 Å². The molecular weight excluding hydrogens is 314 g/mol. The van der Waals surface area contributed by atoms with Crippen molar-refractivity contribution < 1.29 is 5.11 Å². The van der Waals surface area contributed by atoms with E-state index in [1.807, 2.05) is 0 Å². The summed E-state index contributed by atoms with van der Waals surface area (Å²) in [6.45, 7) is 17.5. The maximum absolute atomic E-state index is 9.20. The van der Waals surface area contributed by atoms with E-state index in [4.69, 9.17) is 4.99 Å². The van der Waals surface area contributed by atoms with Gasteiger partial charge in [0.05, 0.1) is 0 Å². The van der Waals surface area contributed by atoms with Crippen LogP contribution in [0.5, 0.6) is 0 Å². The van der Waals surface area contributed by atoms with E-state index in [0.717, 1.165) is 64.5 Å². The van der Waals surface area contributed by atoms with E-state index in [2.05, 4.69) is 48.1 Å². The fraction of sp³-hybridized carbons (Fsp3) is 0.947. The number of hydrogen-bond acceptors (Lipinski definition) is 4. The SMILES string of the molecule is CCCC(CCO)CN=C(NCC)NCC(C)N1CCN(CC)CC1. The summed E-state index contributed by atoms with van der Waals surface area (Å²) in [4.78, 5) is 9.82. The Kier molecular flexibility index (Phi) is 11.9. The predicted molar refractivity (Wildman–Crippen MR) is 107 cm³/mol. The van der Waals surface area contributed by atoms with Gasteiger partial charge in [-0.05, 0) is 39.2 Å². The highest BCUT2D eigenvalue weighted by Crippen LogP contribution is 2.11. The van der Waals surface area contributed by atoms with Crippen molar-refractivity contribution in [2.45, 2.75) is 53.0 Å². The lowest BCUT2D eigenvalue weighted by molar-refractivity contribution is 0.107. The Morgan fingerprint density at radius 1 is 1.08 bits per heavy atom. The van der Waals surface area contributed by atoms with Gasteiger partial charge in [0.25, 0.3) is 0 Å². The molecule has 1 rings (SSSR count). The second-order valence-corrected chi connectivity index (χ2v) is 7.09. The van der Waals surface area contributed by atoms with Crippen molar-refractivity contribution >= 4 is 5.96 Å². The first kappa shape index (κ1) is 22.2. The molecule has 0 radical (unpaired) electrons. The molecule has 0 aliphatic carbocycles. The fourth-order valence-corrected chi connectivity index (χ4v) is 3.37. The van der Waals surface area contributed by atoms with Gasteiger partial charge in [-0.15, -0.1) is 0 Å². The van der Waals surface area contributed by atoms with Gasteiger partial charge in [-0.1, -0.05) is 20.3 Å². The van der Waals surface area contributed by atoms with Crippen LogP contribution in [0.2, 0.25) is 0 Å². The van der Waals surface area contributed by atoms with Crippen LogP contribution < -0.4 is 10.6 Å². The molecule has 0 aromatic rings. The second-order valence-electron chi connectivity index (χ2n) is 7.09. The molecule has 1 aliphatic heterocycles. The summed E-state index contributed by atoms with van der Waals surface area (Å²) >= 11 is 0. The molecule has 0 amide bonds.